The third-order valence-electron chi connectivity index (χ3n) is 5.63. The van der Waals surface area contributed by atoms with Crippen LogP contribution in [0.1, 0.15) is 74.7 Å². The van der Waals surface area contributed by atoms with Crippen molar-refractivity contribution < 1.29 is 4.79 Å². The molecule has 0 atom stereocenters. The number of pyridine rings is 1. The minimum atomic E-state index is -0.218. The van der Waals surface area contributed by atoms with E-state index in [1.807, 2.05) is 0 Å². The van der Waals surface area contributed by atoms with E-state index < -0.39 is 0 Å². The second-order valence-electron chi connectivity index (χ2n) is 7.22. The van der Waals surface area contributed by atoms with Crippen LogP contribution in [-0.2, 0) is 0 Å². The molecule has 1 amide bonds. The average molecular weight is 316 g/mol. The molecule has 0 aliphatic heterocycles. The number of aromatic amines is 1. The Morgan fingerprint density at radius 2 is 1.52 bits per heavy atom. The number of rotatable bonds is 4. The Bertz CT molecular complexity index is 551. The van der Waals surface area contributed by atoms with Gasteiger partial charge >= 0.3 is 0 Å². The van der Waals surface area contributed by atoms with Crippen LogP contribution in [0.4, 0.5) is 0 Å². The second-order valence-corrected chi connectivity index (χ2v) is 7.22. The molecule has 2 fully saturated rings. The molecule has 3 rings (SSSR count). The van der Waals surface area contributed by atoms with Crippen molar-refractivity contribution in [3.05, 3.63) is 34.2 Å². The Balaban J connectivity index is 1.74. The SMILES string of the molecule is O=C(NC(C1CCCCC1)C1CCCCC1)c1cccc(=O)[nH]1. The van der Waals surface area contributed by atoms with Crippen LogP contribution in [0.5, 0.6) is 0 Å². The highest BCUT2D eigenvalue weighted by Crippen LogP contribution is 2.35. The van der Waals surface area contributed by atoms with Crippen molar-refractivity contribution in [2.45, 2.75) is 70.3 Å². The van der Waals surface area contributed by atoms with Gasteiger partial charge in [0.2, 0.25) is 5.56 Å². The largest absolute Gasteiger partial charge is 0.347 e. The summed E-state index contributed by atoms with van der Waals surface area (Å²) < 4.78 is 0. The highest BCUT2D eigenvalue weighted by molar-refractivity contribution is 5.92. The van der Waals surface area contributed by atoms with Crippen LogP contribution in [0.15, 0.2) is 23.0 Å². The number of aromatic nitrogens is 1. The molecule has 0 saturated heterocycles. The first kappa shape index (κ1) is 16.3. The molecule has 0 spiro atoms. The summed E-state index contributed by atoms with van der Waals surface area (Å²) in [5.74, 6) is 1.08. The number of hydrogen-bond acceptors (Lipinski definition) is 2. The quantitative estimate of drug-likeness (QED) is 0.891. The number of H-pyrrole nitrogens is 1. The average Bonchev–Trinajstić information content (AvgIpc) is 2.61. The first-order valence-electron chi connectivity index (χ1n) is 9.24. The van der Waals surface area contributed by atoms with E-state index in [4.69, 9.17) is 0 Å². The molecule has 1 aromatic heterocycles. The van der Waals surface area contributed by atoms with Crippen LogP contribution in [0.2, 0.25) is 0 Å². The molecule has 0 bridgehead atoms. The molecule has 2 aliphatic rings. The predicted octanol–water partition coefficient (Wildman–Crippen LogP) is 3.63. The molecule has 0 aromatic carbocycles. The molecule has 1 heterocycles. The van der Waals surface area contributed by atoms with Gasteiger partial charge in [0.15, 0.2) is 0 Å². The van der Waals surface area contributed by atoms with Gasteiger partial charge in [0, 0.05) is 12.1 Å². The van der Waals surface area contributed by atoms with Gasteiger partial charge in [-0.3, -0.25) is 9.59 Å². The van der Waals surface area contributed by atoms with Crippen molar-refractivity contribution in [1.29, 1.82) is 0 Å². The summed E-state index contributed by atoms with van der Waals surface area (Å²) >= 11 is 0. The highest BCUT2D eigenvalue weighted by Gasteiger charge is 2.32. The standard InChI is InChI=1S/C19H28N2O2/c22-17-13-7-12-16(20-17)19(23)21-18(14-8-3-1-4-9-14)15-10-5-2-6-11-15/h7,12-15,18H,1-6,8-11H2,(H,20,22)(H,21,23). The molecular weight excluding hydrogens is 288 g/mol. The fourth-order valence-electron chi connectivity index (χ4n) is 4.42. The lowest BCUT2D eigenvalue weighted by molar-refractivity contribution is 0.0855. The summed E-state index contributed by atoms with van der Waals surface area (Å²) in [6.07, 6.45) is 12.7. The van der Waals surface area contributed by atoms with Crippen LogP contribution in [0, 0.1) is 11.8 Å². The zero-order chi connectivity index (χ0) is 16.1. The molecule has 0 radical (unpaired) electrons. The molecule has 1 aromatic rings. The topological polar surface area (TPSA) is 62.0 Å². The summed E-state index contributed by atoms with van der Waals surface area (Å²) in [4.78, 5) is 26.7. The third kappa shape index (κ3) is 4.24. The molecule has 4 heteroatoms. The number of amides is 1. The fourth-order valence-corrected chi connectivity index (χ4v) is 4.42. The van der Waals surface area contributed by atoms with Crippen LogP contribution >= 0.6 is 0 Å². The third-order valence-corrected chi connectivity index (χ3v) is 5.63. The zero-order valence-corrected chi connectivity index (χ0v) is 13.9. The maximum Gasteiger partial charge on any atom is 0.268 e. The van der Waals surface area contributed by atoms with Gasteiger partial charge in [0.05, 0.1) is 0 Å². The summed E-state index contributed by atoms with van der Waals surface area (Å²) in [5.41, 5.74) is 0.165. The van der Waals surface area contributed by atoms with E-state index in [0.29, 0.717) is 17.5 Å². The van der Waals surface area contributed by atoms with E-state index in [1.54, 1.807) is 12.1 Å². The molecule has 0 unspecified atom stereocenters. The van der Waals surface area contributed by atoms with Crippen LogP contribution < -0.4 is 10.9 Å². The molecule has 126 valence electrons. The van der Waals surface area contributed by atoms with Gasteiger partial charge in [0.25, 0.3) is 5.91 Å². The molecular formula is C19H28N2O2. The van der Waals surface area contributed by atoms with E-state index in [1.165, 1.54) is 70.3 Å². The summed E-state index contributed by atoms with van der Waals surface area (Å²) in [5, 5.41) is 3.29. The lowest BCUT2D eigenvalue weighted by atomic mass is 9.73. The number of carbonyl (C=O) groups excluding carboxylic acids is 1. The fraction of sp³-hybridized carbons (Fsp3) is 0.684. The second kappa shape index (κ2) is 7.80. The summed E-state index contributed by atoms with van der Waals surface area (Å²) in [6.45, 7) is 0. The Morgan fingerprint density at radius 1 is 0.957 bits per heavy atom. The number of hydrogen-bond donors (Lipinski definition) is 2. The van der Waals surface area contributed by atoms with Crippen molar-refractivity contribution >= 4 is 5.91 Å². The lowest BCUT2D eigenvalue weighted by Crippen LogP contribution is -2.47. The Morgan fingerprint density at radius 3 is 2.04 bits per heavy atom. The Kier molecular flexibility index (Phi) is 5.52. The van der Waals surface area contributed by atoms with E-state index in [-0.39, 0.29) is 17.5 Å². The van der Waals surface area contributed by atoms with Crippen molar-refractivity contribution in [3.8, 4) is 0 Å². The summed E-state index contributed by atoms with van der Waals surface area (Å²) in [6, 6.07) is 5.04. The van der Waals surface area contributed by atoms with Gasteiger partial charge in [-0.15, -0.1) is 0 Å². The number of carbonyl (C=O) groups is 1. The first-order chi connectivity index (χ1) is 11.2. The van der Waals surface area contributed by atoms with Gasteiger partial charge in [-0.1, -0.05) is 44.6 Å². The first-order valence-corrected chi connectivity index (χ1v) is 9.24. The Hall–Kier alpha value is -1.58. The minimum absolute atomic E-state index is 0.121. The van der Waals surface area contributed by atoms with Gasteiger partial charge in [-0.2, -0.15) is 0 Å². The predicted molar refractivity (Wildman–Crippen MR) is 91.5 cm³/mol. The Labute approximate surface area is 138 Å². The smallest absolute Gasteiger partial charge is 0.268 e. The van der Waals surface area contributed by atoms with Gasteiger partial charge in [-0.05, 0) is 43.6 Å². The van der Waals surface area contributed by atoms with Crippen molar-refractivity contribution in [2.24, 2.45) is 11.8 Å². The van der Waals surface area contributed by atoms with Gasteiger partial charge < -0.3 is 10.3 Å². The van der Waals surface area contributed by atoms with Crippen LogP contribution in [-0.4, -0.2) is 16.9 Å². The van der Waals surface area contributed by atoms with Gasteiger partial charge in [-0.25, -0.2) is 0 Å². The normalized spacial score (nSPS) is 20.6. The molecule has 23 heavy (non-hydrogen) atoms. The van der Waals surface area contributed by atoms with Crippen LogP contribution in [0.25, 0.3) is 0 Å². The lowest BCUT2D eigenvalue weighted by Gasteiger charge is -2.38. The van der Waals surface area contributed by atoms with Crippen molar-refractivity contribution in [3.63, 3.8) is 0 Å². The van der Waals surface area contributed by atoms with E-state index in [9.17, 15) is 9.59 Å². The van der Waals surface area contributed by atoms with Crippen molar-refractivity contribution in [2.75, 3.05) is 0 Å². The van der Waals surface area contributed by atoms with Crippen LogP contribution in [0.3, 0.4) is 0 Å². The van der Waals surface area contributed by atoms with E-state index in [0.717, 1.165) is 0 Å². The van der Waals surface area contributed by atoms with E-state index >= 15 is 0 Å². The molecule has 4 nitrogen and oxygen atoms in total. The monoisotopic (exact) mass is 316 g/mol. The van der Waals surface area contributed by atoms with Crippen molar-refractivity contribution in [1.82, 2.24) is 10.3 Å². The van der Waals surface area contributed by atoms with Gasteiger partial charge in [0.1, 0.15) is 5.69 Å². The molecule has 2 aliphatic carbocycles. The summed E-state index contributed by atoms with van der Waals surface area (Å²) in [7, 11) is 0. The van der Waals surface area contributed by atoms with E-state index in [2.05, 4.69) is 10.3 Å². The molecule has 2 N–H and O–H groups in total. The maximum atomic E-state index is 12.6. The zero-order valence-electron chi connectivity index (χ0n) is 13.9. The molecule has 2 saturated carbocycles. The maximum absolute atomic E-state index is 12.6. The minimum Gasteiger partial charge on any atom is -0.347 e. The highest BCUT2D eigenvalue weighted by atomic mass is 16.2. The number of nitrogens with one attached hydrogen (secondary N) is 2.